The van der Waals surface area contributed by atoms with Gasteiger partial charge in [-0.25, -0.2) is 9.82 Å². The molecule has 0 unspecified atom stereocenters. The molecule has 1 aliphatic heterocycles. The maximum absolute atomic E-state index is 12.6. The third-order valence-electron chi connectivity index (χ3n) is 5.77. The summed E-state index contributed by atoms with van der Waals surface area (Å²) in [5.41, 5.74) is 3.62. The minimum absolute atomic E-state index is 0.0436. The first-order valence-electron chi connectivity index (χ1n) is 10.5. The molecule has 0 aliphatic carbocycles. The van der Waals surface area contributed by atoms with Gasteiger partial charge in [0.05, 0.1) is 6.54 Å². The molecule has 8 heteroatoms. The lowest BCUT2D eigenvalue weighted by Crippen LogP contribution is -2.32. The first kappa shape index (κ1) is 22.0. The van der Waals surface area contributed by atoms with E-state index < -0.39 is 0 Å². The number of benzene rings is 1. The minimum atomic E-state index is -0.158. The van der Waals surface area contributed by atoms with Crippen molar-refractivity contribution in [3.63, 3.8) is 0 Å². The number of carbonyl (C=O) groups is 2. The van der Waals surface area contributed by atoms with Crippen LogP contribution in [0.2, 0.25) is 0 Å². The maximum atomic E-state index is 12.6. The highest BCUT2D eigenvalue weighted by atomic mass is 35.5. The third-order valence-corrected chi connectivity index (χ3v) is 5.96. The number of anilines is 1. The Balaban J connectivity index is 1.43. The molecule has 2 N–H and O–H groups in total. The van der Waals surface area contributed by atoms with Crippen molar-refractivity contribution in [2.24, 2.45) is 5.92 Å². The lowest BCUT2D eigenvalue weighted by Gasteiger charge is -2.23. The van der Waals surface area contributed by atoms with Crippen LogP contribution in [0, 0.1) is 12.8 Å². The van der Waals surface area contributed by atoms with Gasteiger partial charge in [-0.2, -0.15) is 0 Å². The first-order valence-corrected chi connectivity index (χ1v) is 10.9. The molecule has 0 spiro atoms. The molecule has 0 bridgehead atoms. The normalized spacial score (nSPS) is 15.7. The van der Waals surface area contributed by atoms with Crippen LogP contribution in [-0.2, 0) is 22.6 Å². The molecule has 32 heavy (non-hydrogen) atoms. The summed E-state index contributed by atoms with van der Waals surface area (Å²) in [5.74, 6) is 1.01. The molecule has 166 valence electrons. The lowest BCUT2D eigenvalue weighted by molar-refractivity contribution is -0.125. The smallest absolute Gasteiger partial charge is 0.246 e. The number of aryl methyl sites for hydroxylation is 1. The first-order chi connectivity index (χ1) is 15.5. The number of nitrogens with zero attached hydrogens (tertiary/aromatic N) is 2. The van der Waals surface area contributed by atoms with E-state index >= 15 is 0 Å². The largest absolute Gasteiger partial charge is 0.459 e. The maximum Gasteiger partial charge on any atom is 0.246 e. The van der Waals surface area contributed by atoms with Crippen LogP contribution in [0.4, 0.5) is 5.82 Å². The molecule has 2 amide bonds. The van der Waals surface area contributed by atoms with Crippen molar-refractivity contribution in [3.05, 3.63) is 65.1 Å². The Morgan fingerprint density at radius 3 is 3.00 bits per heavy atom. The van der Waals surface area contributed by atoms with Crippen LogP contribution in [0.5, 0.6) is 0 Å². The van der Waals surface area contributed by atoms with E-state index in [4.69, 9.17) is 16.2 Å². The SMILES string of the molecule is Cc1c(CN(C)C(=O)/C=C/c2cnc3c(c2)C[C@@H](CCNCl)C(=O)N3)oc2ccccc12. The van der Waals surface area contributed by atoms with Crippen molar-refractivity contribution in [1.29, 1.82) is 0 Å². The quantitative estimate of drug-likeness (QED) is 0.417. The molecule has 0 fully saturated rings. The molecule has 3 heterocycles. The van der Waals surface area contributed by atoms with E-state index in [0.717, 1.165) is 33.4 Å². The second kappa shape index (κ2) is 9.54. The summed E-state index contributed by atoms with van der Waals surface area (Å²) < 4.78 is 5.92. The summed E-state index contributed by atoms with van der Waals surface area (Å²) >= 11 is 5.53. The molecule has 7 nitrogen and oxygen atoms in total. The van der Waals surface area contributed by atoms with Gasteiger partial charge in [0.2, 0.25) is 11.8 Å². The third kappa shape index (κ3) is 4.69. The van der Waals surface area contributed by atoms with E-state index in [-0.39, 0.29) is 17.7 Å². The van der Waals surface area contributed by atoms with Crippen LogP contribution in [-0.4, -0.2) is 35.3 Å². The molecule has 1 aliphatic rings. The number of rotatable bonds is 7. The van der Waals surface area contributed by atoms with Crippen molar-refractivity contribution in [2.75, 3.05) is 18.9 Å². The molecule has 3 aromatic rings. The standard InChI is InChI=1S/C24H25ClN4O3/c1-15-19-5-3-4-6-20(19)32-21(15)14-29(2)22(30)8-7-16-11-18-12-17(9-10-27-25)24(31)28-23(18)26-13-16/h3-8,11,13,17,27H,9-10,12,14H2,1-2H3,(H,26,28,31)/b8-7+/t17-/m1/s1. The highest BCUT2D eigenvalue weighted by Gasteiger charge is 2.26. The molecule has 1 atom stereocenters. The summed E-state index contributed by atoms with van der Waals surface area (Å²) in [6.07, 6.45) is 6.14. The number of pyridine rings is 1. The second-order valence-corrected chi connectivity index (χ2v) is 8.28. The number of amides is 2. The molecule has 2 aromatic heterocycles. The highest BCUT2D eigenvalue weighted by Crippen LogP contribution is 2.27. The molecular weight excluding hydrogens is 428 g/mol. The monoisotopic (exact) mass is 452 g/mol. The Morgan fingerprint density at radius 2 is 2.22 bits per heavy atom. The lowest BCUT2D eigenvalue weighted by atomic mass is 9.92. The predicted octanol–water partition coefficient (Wildman–Crippen LogP) is 4.05. The van der Waals surface area contributed by atoms with Gasteiger partial charge in [-0.05, 0) is 60.9 Å². The van der Waals surface area contributed by atoms with Gasteiger partial charge < -0.3 is 14.6 Å². The number of carbonyl (C=O) groups excluding carboxylic acids is 2. The Hall–Kier alpha value is -3.16. The van der Waals surface area contributed by atoms with Crippen LogP contribution in [0.3, 0.4) is 0 Å². The van der Waals surface area contributed by atoms with Crippen molar-refractivity contribution in [3.8, 4) is 0 Å². The van der Waals surface area contributed by atoms with Crippen molar-refractivity contribution >= 4 is 46.5 Å². The Labute approximate surface area is 191 Å². The molecule has 4 rings (SSSR count). The zero-order chi connectivity index (χ0) is 22.7. The summed E-state index contributed by atoms with van der Waals surface area (Å²) in [7, 11) is 1.75. The number of halogens is 1. The van der Waals surface area contributed by atoms with Gasteiger partial charge in [0.25, 0.3) is 0 Å². The Morgan fingerprint density at radius 1 is 1.41 bits per heavy atom. The molecule has 1 aromatic carbocycles. The number of furan rings is 1. The summed E-state index contributed by atoms with van der Waals surface area (Å²) in [4.78, 5) is 33.3. The van der Waals surface area contributed by atoms with Gasteiger partial charge in [0.15, 0.2) is 0 Å². The van der Waals surface area contributed by atoms with Crippen LogP contribution >= 0.6 is 11.8 Å². The molecule has 0 saturated carbocycles. The van der Waals surface area contributed by atoms with Crippen LogP contribution < -0.4 is 10.2 Å². The van der Waals surface area contributed by atoms with Gasteiger partial charge in [-0.1, -0.05) is 18.2 Å². The minimum Gasteiger partial charge on any atom is -0.459 e. The van der Waals surface area contributed by atoms with Gasteiger partial charge >= 0.3 is 0 Å². The fraction of sp³-hybridized carbons (Fsp3) is 0.292. The fourth-order valence-corrected chi connectivity index (χ4v) is 4.00. The number of fused-ring (bicyclic) bond motifs is 2. The Kier molecular flexibility index (Phi) is 6.58. The predicted molar refractivity (Wildman–Crippen MR) is 125 cm³/mol. The average Bonchev–Trinajstić information content (AvgIpc) is 3.11. The molecular formula is C24H25ClN4O3. The fourth-order valence-electron chi connectivity index (χ4n) is 3.89. The van der Waals surface area contributed by atoms with E-state index in [1.807, 2.05) is 37.3 Å². The van der Waals surface area contributed by atoms with E-state index in [1.165, 1.54) is 6.08 Å². The van der Waals surface area contributed by atoms with Crippen LogP contribution in [0.15, 0.2) is 47.0 Å². The van der Waals surface area contributed by atoms with Gasteiger partial charge in [0.1, 0.15) is 17.2 Å². The van der Waals surface area contributed by atoms with Crippen molar-refractivity contribution in [2.45, 2.75) is 26.3 Å². The van der Waals surface area contributed by atoms with Crippen molar-refractivity contribution in [1.82, 2.24) is 14.7 Å². The zero-order valence-corrected chi connectivity index (χ0v) is 18.8. The van der Waals surface area contributed by atoms with Crippen LogP contribution in [0.1, 0.15) is 28.9 Å². The van der Waals surface area contributed by atoms with Crippen LogP contribution in [0.25, 0.3) is 17.0 Å². The van der Waals surface area contributed by atoms with E-state index in [0.29, 0.717) is 31.7 Å². The van der Waals surface area contributed by atoms with E-state index in [2.05, 4.69) is 15.1 Å². The summed E-state index contributed by atoms with van der Waals surface area (Å²) in [5, 5.41) is 3.90. The zero-order valence-electron chi connectivity index (χ0n) is 18.0. The van der Waals surface area contributed by atoms with Gasteiger partial charge in [0, 0.05) is 42.7 Å². The average molecular weight is 453 g/mol. The van der Waals surface area contributed by atoms with Gasteiger partial charge in [-0.3, -0.25) is 9.59 Å². The molecule has 0 radical (unpaired) electrons. The van der Waals surface area contributed by atoms with Crippen molar-refractivity contribution < 1.29 is 14.0 Å². The number of aromatic nitrogens is 1. The number of para-hydroxylation sites is 1. The van der Waals surface area contributed by atoms with E-state index in [1.54, 1.807) is 24.2 Å². The number of hydrogen-bond donors (Lipinski definition) is 2. The summed E-state index contributed by atoms with van der Waals surface area (Å²) in [6.45, 7) is 2.94. The highest BCUT2D eigenvalue weighted by molar-refractivity contribution is 6.13. The summed E-state index contributed by atoms with van der Waals surface area (Å²) in [6, 6.07) is 9.80. The Bertz CT molecular complexity index is 1190. The number of nitrogens with one attached hydrogen (secondary N) is 2. The number of hydrogen-bond acceptors (Lipinski definition) is 5. The molecule has 0 saturated heterocycles. The number of likely N-dealkylation sites (N-methyl/N-ethyl adjacent to an activating group) is 1. The topological polar surface area (TPSA) is 87.5 Å². The van der Waals surface area contributed by atoms with Gasteiger partial charge in [-0.15, -0.1) is 0 Å². The van der Waals surface area contributed by atoms with E-state index in [9.17, 15) is 9.59 Å². The second-order valence-electron chi connectivity index (χ2n) is 8.01.